The molecule has 114 valence electrons. The first-order chi connectivity index (χ1) is 10.1. The normalized spacial score (nSPS) is 15.7. The molecule has 1 amide bonds. The Kier molecular flexibility index (Phi) is 5.31. The Labute approximate surface area is 125 Å². The van der Waals surface area contributed by atoms with Crippen LogP contribution in [-0.4, -0.2) is 28.5 Å². The van der Waals surface area contributed by atoms with Crippen molar-refractivity contribution in [2.75, 3.05) is 11.4 Å². The van der Waals surface area contributed by atoms with Crippen LogP contribution in [-0.2, 0) is 9.59 Å². The molecule has 0 aliphatic heterocycles. The van der Waals surface area contributed by atoms with Crippen LogP contribution < -0.4 is 4.90 Å². The van der Waals surface area contributed by atoms with E-state index in [2.05, 4.69) is 4.98 Å². The number of carbonyl (C=O) groups is 2. The predicted molar refractivity (Wildman–Crippen MR) is 80.2 cm³/mol. The maximum atomic E-state index is 12.8. The van der Waals surface area contributed by atoms with Crippen LogP contribution >= 0.6 is 0 Å². The molecule has 1 aliphatic rings. The molecule has 0 spiro atoms. The van der Waals surface area contributed by atoms with Crippen molar-refractivity contribution in [2.45, 2.75) is 45.4 Å². The summed E-state index contributed by atoms with van der Waals surface area (Å²) in [7, 11) is 0. The Morgan fingerprint density at radius 2 is 2.05 bits per heavy atom. The van der Waals surface area contributed by atoms with Crippen molar-refractivity contribution in [3.05, 3.63) is 23.9 Å². The molecule has 0 atom stereocenters. The lowest BCUT2D eigenvalue weighted by molar-refractivity contribution is -0.136. The topological polar surface area (TPSA) is 70.5 Å². The van der Waals surface area contributed by atoms with Crippen molar-refractivity contribution < 1.29 is 14.7 Å². The number of nitrogens with zero attached hydrogens (tertiary/aromatic N) is 2. The molecule has 1 heterocycles. The molecule has 1 aromatic rings. The summed E-state index contributed by atoms with van der Waals surface area (Å²) in [5.74, 6) is -0.272. The lowest BCUT2D eigenvalue weighted by Gasteiger charge is -2.29. The number of aliphatic carboxylic acids is 1. The second-order valence-electron chi connectivity index (χ2n) is 5.61. The summed E-state index contributed by atoms with van der Waals surface area (Å²) in [6, 6.07) is 3.71. The zero-order chi connectivity index (χ0) is 15.2. The van der Waals surface area contributed by atoms with E-state index >= 15 is 0 Å². The van der Waals surface area contributed by atoms with Crippen LogP contribution in [0.15, 0.2) is 18.3 Å². The molecule has 0 saturated heterocycles. The van der Waals surface area contributed by atoms with E-state index in [1.807, 2.05) is 19.1 Å². The van der Waals surface area contributed by atoms with Crippen molar-refractivity contribution in [3.63, 3.8) is 0 Å². The van der Waals surface area contributed by atoms with Gasteiger partial charge in [-0.2, -0.15) is 0 Å². The number of rotatable bonds is 5. The Bertz CT molecular complexity index is 510. The molecule has 21 heavy (non-hydrogen) atoms. The third-order valence-electron chi connectivity index (χ3n) is 4.01. The van der Waals surface area contributed by atoms with E-state index in [9.17, 15) is 9.59 Å². The molecule has 1 aliphatic carbocycles. The van der Waals surface area contributed by atoms with Gasteiger partial charge in [-0.1, -0.05) is 25.3 Å². The molecule has 1 N–H and O–H groups in total. The SMILES string of the molecule is Cc1cccnc1N(CCC(=O)O)C(=O)C1CCCCC1. The minimum Gasteiger partial charge on any atom is -0.481 e. The summed E-state index contributed by atoms with van der Waals surface area (Å²) in [4.78, 5) is 29.5. The quantitative estimate of drug-likeness (QED) is 0.905. The molecular weight excluding hydrogens is 268 g/mol. The van der Waals surface area contributed by atoms with Gasteiger partial charge in [0.05, 0.1) is 6.42 Å². The molecule has 0 aromatic carbocycles. The Morgan fingerprint density at radius 1 is 1.33 bits per heavy atom. The highest BCUT2D eigenvalue weighted by atomic mass is 16.4. The van der Waals surface area contributed by atoms with Crippen LogP contribution in [0.4, 0.5) is 5.82 Å². The van der Waals surface area contributed by atoms with Crippen molar-refractivity contribution in [1.82, 2.24) is 4.98 Å². The van der Waals surface area contributed by atoms with Crippen LogP contribution in [0, 0.1) is 12.8 Å². The summed E-state index contributed by atoms with van der Waals surface area (Å²) in [5.41, 5.74) is 0.895. The van der Waals surface area contributed by atoms with E-state index < -0.39 is 5.97 Å². The zero-order valence-corrected chi connectivity index (χ0v) is 12.4. The second kappa shape index (κ2) is 7.20. The van der Waals surface area contributed by atoms with Gasteiger partial charge in [-0.25, -0.2) is 4.98 Å². The van der Waals surface area contributed by atoms with E-state index in [-0.39, 0.29) is 24.8 Å². The fourth-order valence-corrected chi connectivity index (χ4v) is 2.86. The smallest absolute Gasteiger partial charge is 0.305 e. The second-order valence-corrected chi connectivity index (χ2v) is 5.61. The van der Waals surface area contributed by atoms with Crippen LogP contribution in [0.5, 0.6) is 0 Å². The molecule has 5 heteroatoms. The number of hydrogen-bond donors (Lipinski definition) is 1. The summed E-state index contributed by atoms with van der Waals surface area (Å²) in [6.45, 7) is 2.08. The average Bonchev–Trinajstić information content (AvgIpc) is 2.49. The number of amides is 1. The Morgan fingerprint density at radius 3 is 2.67 bits per heavy atom. The van der Waals surface area contributed by atoms with Crippen LogP contribution in [0.3, 0.4) is 0 Å². The van der Waals surface area contributed by atoms with E-state index in [1.54, 1.807) is 11.1 Å². The highest BCUT2D eigenvalue weighted by molar-refractivity contribution is 5.95. The first kappa shape index (κ1) is 15.5. The van der Waals surface area contributed by atoms with Gasteiger partial charge in [0.1, 0.15) is 5.82 Å². The standard InChI is InChI=1S/C16H22N2O3/c1-12-6-5-10-17-15(12)18(11-9-14(19)20)16(21)13-7-3-2-4-8-13/h5-6,10,13H,2-4,7-9,11H2,1H3,(H,19,20). The number of hydrogen-bond acceptors (Lipinski definition) is 3. The third-order valence-corrected chi connectivity index (χ3v) is 4.01. The van der Waals surface area contributed by atoms with Crippen molar-refractivity contribution in [2.24, 2.45) is 5.92 Å². The molecule has 0 bridgehead atoms. The number of pyridine rings is 1. The van der Waals surface area contributed by atoms with Crippen molar-refractivity contribution >= 4 is 17.7 Å². The lowest BCUT2D eigenvalue weighted by Crippen LogP contribution is -2.39. The average molecular weight is 290 g/mol. The van der Waals surface area contributed by atoms with Crippen LogP contribution in [0.2, 0.25) is 0 Å². The molecule has 1 fully saturated rings. The van der Waals surface area contributed by atoms with Gasteiger partial charge >= 0.3 is 5.97 Å². The van der Waals surface area contributed by atoms with Crippen LogP contribution in [0.25, 0.3) is 0 Å². The van der Waals surface area contributed by atoms with E-state index in [0.717, 1.165) is 31.2 Å². The number of aryl methyl sites for hydroxylation is 1. The maximum absolute atomic E-state index is 12.8. The van der Waals surface area contributed by atoms with E-state index in [0.29, 0.717) is 5.82 Å². The van der Waals surface area contributed by atoms with Crippen molar-refractivity contribution in [3.8, 4) is 0 Å². The van der Waals surface area contributed by atoms with Crippen molar-refractivity contribution in [1.29, 1.82) is 0 Å². The lowest BCUT2D eigenvalue weighted by atomic mass is 9.88. The fourth-order valence-electron chi connectivity index (χ4n) is 2.86. The third kappa shape index (κ3) is 4.03. The van der Waals surface area contributed by atoms with Gasteiger partial charge in [0, 0.05) is 18.7 Å². The number of carboxylic acid groups (broad SMARTS) is 1. The molecule has 1 aromatic heterocycles. The minimum atomic E-state index is -0.898. The highest BCUT2D eigenvalue weighted by Gasteiger charge is 2.28. The monoisotopic (exact) mass is 290 g/mol. The molecule has 5 nitrogen and oxygen atoms in total. The van der Waals surface area contributed by atoms with E-state index in [1.165, 1.54) is 6.42 Å². The molecule has 0 radical (unpaired) electrons. The molecule has 2 rings (SSSR count). The summed E-state index contributed by atoms with van der Waals surface area (Å²) in [6.07, 6.45) is 6.71. The number of carboxylic acids is 1. The zero-order valence-electron chi connectivity index (χ0n) is 12.4. The molecule has 0 unspecified atom stereocenters. The number of aromatic nitrogens is 1. The molecule has 1 saturated carbocycles. The minimum absolute atomic E-state index is 0.00829. The van der Waals surface area contributed by atoms with Gasteiger partial charge in [-0.05, 0) is 31.4 Å². The Hall–Kier alpha value is -1.91. The van der Waals surface area contributed by atoms with Gasteiger partial charge in [0.2, 0.25) is 5.91 Å². The largest absolute Gasteiger partial charge is 0.481 e. The van der Waals surface area contributed by atoms with Gasteiger partial charge in [0.25, 0.3) is 0 Å². The highest BCUT2D eigenvalue weighted by Crippen LogP contribution is 2.28. The van der Waals surface area contributed by atoms with E-state index in [4.69, 9.17) is 5.11 Å². The first-order valence-corrected chi connectivity index (χ1v) is 7.54. The summed E-state index contributed by atoms with van der Waals surface area (Å²) < 4.78 is 0. The van der Waals surface area contributed by atoms with Gasteiger partial charge in [0.15, 0.2) is 0 Å². The summed E-state index contributed by atoms with van der Waals surface area (Å²) >= 11 is 0. The first-order valence-electron chi connectivity index (χ1n) is 7.54. The fraction of sp³-hybridized carbons (Fsp3) is 0.562. The summed E-state index contributed by atoms with van der Waals surface area (Å²) in [5, 5.41) is 8.91. The van der Waals surface area contributed by atoms with Gasteiger partial charge < -0.3 is 5.11 Å². The Balaban J connectivity index is 2.20. The number of carbonyl (C=O) groups excluding carboxylic acids is 1. The maximum Gasteiger partial charge on any atom is 0.305 e. The molecular formula is C16H22N2O3. The van der Waals surface area contributed by atoms with Gasteiger partial charge in [-0.15, -0.1) is 0 Å². The predicted octanol–water partition coefficient (Wildman–Crippen LogP) is 2.78. The van der Waals surface area contributed by atoms with Crippen LogP contribution in [0.1, 0.15) is 44.1 Å². The number of anilines is 1. The van der Waals surface area contributed by atoms with Gasteiger partial charge in [-0.3, -0.25) is 14.5 Å².